The second-order valence-corrected chi connectivity index (χ2v) is 9.52. The maximum absolute atomic E-state index is 13.3. The summed E-state index contributed by atoms with van der Waals surface area (Å²) in [7, 11) is 2.05. The molecule has 1 aromatic heterocycles. The molecule has 2 aliphatic rings. The number of carbonyl (C=O) groups is 2. The van der Waals surface area contributed by atoms with Gasteiger partial charge >= 0.3 is 0 Å². The Morgan fingerprint density at radius 3 is 2.59 bits per heavy atom. The van der Waals surface area contributed by atoms with Gasteiger partial charge in [0.15, 0.2) is 0 Å². The monoisotopic (exact) mass is 490 g/mol. The molecule has 0 saturated carbocycles. The van der Waals surface area contributed by atoms with E-state index in [9.17, 15) is 9.59 Å². The molecule has 9 nitrogen and oxygen atoms in total. The molecule has 2 aromatic rings. The molecule has 2 aliphatic heterocycles. The summed E-state index contributed by atoms with van der Waals surface area (Å²) in [5.41, 5.74) is 0.328. The number of aromatic nitrogens is 1. The minimum atomic E-state index is -0.979. The number of hydrogen-bond donors (Lipinski definition) is 0. The molecule has 0 unspecified atom stereocenters. The average molecular weight is 491 g/mol. The first-order valence-corrected chi connectivity index (χ1v) is 11.8. The van der Waals surface area contributed by atoms with Gasteiger partial charge in [-0.1, -0.05) is 16.8 Å². The van der Waals surface area contributed by atoms with E-state index >= 15 is 0 Å². The van der Waals surface area contributed by atoms with Gasteiger partial charge in [-0.25, -0.2) is 0 Å². The van der Waals surface area contributed by atoms with Gasteiger partial charge in [-0.15, -0.1) is 0 Å². The summed E-state index contributed by atoms with van der Waals surface area (Å²) in [5, 5.41) is 4.38. The molecule has 0 radical (unpaired) electrons. The van der Waals surface area contributed by atoms with Crippen molar-refractivity contribution in [3.05, 3.63) is 46.3 Å². The van der Waals surface area contributed by atoms with Crippen molar-refractivity contribution in [1.82, 2.24) is 19.9 Å². The predicted molar refractivity (Wildman–Crippen MR) is 126 cm³/mol. The number of likely N-dealkylation sites (N-methyl/N-ethyl adjacent to an activating group) is 1. The third kappa shape index (κ3) is 5.54. The van der Waals surface area contributed by atoms with E-state index < -0.39 is 5.60 Å². The largest absolute Gasteiger partial charge is 0.490 e. The molecular formula is C24H31ClN4O5. The van der Waals surface area contributed by atoms with Gasteiger partial charge in [0, 0.05) is 37.7 Å². The highest BCUT2D eigenvalue weighted by Gasteiger charge is 2.43. The summed E-state index contributed by atoms with van der Waals surface area (Å²) in [6, 6.07) is 5.42. The number of halogens is 1. The van der Waals surface area contributed by atoms with Crippen molar-refractivity contribution < 1.29 is 23.6 Å². The van der Waals surface area contributed by atoms with Gasteiger partial charge in [-0.2, -0.15) is 0 Å². The van der Waals surface area contributed by atoms with Gasteiger partial charge in [0.1, 0.15) is 29.3 Å². The Kier molecular flexibility index (Phi) is 7.45. The maximum Gasteiger partial charge on any atom is 0.259 e. The number of amides is 2. The van der Waals surface area contributed by atoms with Crippen molar-refractivity contribution in [3.8, 4) is 5.75 Å². The van der Waals surface area contributed by atoms with Crippen molar-refractivity contribution >= 4 is 23.4 Å². The molecule has 10 heteroatoms. The van der Waals surface area contributed by atoms with Gasteiger partial charge in [0.25, 0.3) is 5.91 Å². The molecule has 4 rings (SSSR count). The van der Waals surface area contributed by atoms with Gasteiger partial charge < -0.3 is 28.7 Å². The van der Waals surface area contributed by atoms with Crippen molar-refractivity contribution in [1.29, 1.82) is 0 Å². The normalized spacial score (nSPS) is 21.5. The number of piperazine rings is 1. The molecule has 1 atom stereocenters. The van der Waals surface area contributed by atoms with Crippen LogP contribution >= 0.6 is 11.6 Å². The second-order valence-electron chi connectivity index (χ2n) is 9.11. The van der Waals surface area contributed by atoms with Crippen LogP contribution in [-0.4, -0.2) is 96.8 Å². The summed E-state index contributed by atoms with van der Waals surface area (Å²) in [6.45, 7) is 7.67. The topological polar surface area (TPSA) is 88.4 Å². The lowest BCUT2D eigenvalue weighted by atomic mass is 9.96. The number of aryl methyl sites for hydroxylation is 2. The summed E-state index contributed by atoms with van der Waals surface area (Å²) in [4.78, 5) is 32.2. The quantitative estimate of drug-likeness (QED) is 0.614. The molecule has 2 fully saturated rings. The fourth-order valence-corrected chi connectivity index (χ4v) is 4.42. The van der Waals surface area contributed by atoms with Crippen LogP contribution in [0.25, 0.3) is 0 Å². The smallest absolute Gasteiger partial charge is 0.259 e. The molecule has 2 saturated heterocycles. The summed E-state index contributed by atoms with van der Waals surface area (Å²) >= 11 is 6.15. The molecule has 0 bridgehead atoms. The van der Waals surface area contributed by atoms with Crippen LogP contribution in [-0.2, 0) is 9.53 Å². The third-order valence-electron chi connectivity index (χ3n) is 6.48. The van der Waals surface area contributed by atoms with Crippen LogP contribution < -0.4 is 4.74 Å². The molecule has 34 heavy (non-hydrogen) atoms. The molecular weight excluding hydrogens is 460 g/mol. The molecule has 0 aliphatic carbocycles. The Balaban J connectivity index is 1.53. The number of rotatable bonds is 6. The van der Waals surface area contributed by atoms with E-state index in [1.807, 2.05) is 24.9 Å². The van der Waals surface area contributed by atoms with Crippen LogP contribution in [0.1, 0.15) is 28.1 Å². The first-order chi connectivity index (χ1) is 16.3. The zero-order valence-electron chi connectivity index (χ0n) is 19.9. The number of carbonyl (C=O) groups excluding carboxylic acids is 2. The molecule has 3 heterocycles. The number of nitrogens with zero attached hydrogens (tertiary/aromatic N) is 4. The fraction of sp³-hybridized carbons (Fsp3) is 0.542. The Morgan fingerprint density at radius 2 is 1.91 bits per heavy atom. The Morgan fingerprint density at radius 1 is 1.15 bits per heavy atom. The van der Waals surface area contributed by atoms with Crippen molar-refractivity contribution in [2.75, 3.05) is 59.5 Å². The highest BCUT2D eigenvalue weighted by Crippen LogP contribution is 2.28. The molecule has 0 spiro atoms. The zero-order chi connectivity index (χ0) is 24.3. The Bertz CT molecular complexity index is 1040. The van der Waals surface area contributed by atoms with Crippen LogP contribution in [0, 0.1) is 13.8 Å². The van der Waals surface area contributed by atoms with Crippen LogP contribution in [0.2, 0.25) is 5.02 Å². The van der Waals surface area contributed by atoms with Crippen molar-refractivity contribution in [3.63, 3.8) is 0 Å². The molecule has 1 aromatic carbocycles. The number of hydrogen-bond acceptors (Lipinski definition) is 7. The van der Waals surface area contributed by atoms with Crippen LogP contribution in [0.3, 0.4) is 0 Å². The lowest BCUT2D eigenvalue weighted by Crippen LogP contribution is -2.59. The predicted octanol–water partition coefficient (Wildman–Crippen LogP) is 2.40. The van der Waals surface area contributed by atoms with E-state index in [1.165, 1.54) is 6.20 Å². The maximum atomic E-state index is 13.3. The summed E-state index contributed by atoms with van der Waals surface area (Å²) in [6.07, 6.45) is 1.55. The molecule has 184 valence electrons. The average Bonchev–Trinajstić information content (AvgIpc) is 3.25. The van der Waals surface area contributed by atoms with E-state index in [0.29, 0.717) is 48.3 Å². The van der Waals surface area contributed by atoms with E-state index in [-0.39, 0.29) is 31.4 Å². The number of morpholine rings is 1. The highest BCUT2D eigenvalue weighted by atomic mass is 35.5. The van der Waals surface area contributed by atoms with Crippen LogP contribution in [0.4, 0.5) is 0 Å². The van der Waals surface area contributed by atoms with E-state index in [4.69, 9.17) is 25.6 Å². The summed E-state index contributed by atoms with van der Waals surface area (Å²) < 4.78 is 17.4. The van der Waals surface area contributed by atoms with Crippen LogP contribution in [0.15, 0.2) is 28.9 Å². The molecule has 2 amide bonds. The highest BCUT2D eigenvalue weighted by molar-refractivity contribution is 6.31. The number of benzene rings is 1. The Labute approximate surface area is 204 Å². The second kappa shape index (κ2) is 10.3. The van der Waals surface area contributed by atoms with Gasteiger partial charge in [-0.05, 0) is 44.7 Å². The van der Waals surface area contributed by atoms with Gasteiger partial charge in [-0.3, -0.25) is 9.59 Å². The fourth-order valence-electron chi connectivity index (χ4n) is 4.30. The molecule has 0 N–H and O–H groups in total. The lowest BCUT2D eigenvalue weighted by molar-refractivity contribution is -0.154. The lowest BCUT2D eigenvalue weighted by Gasteiger charge is -2.43. The van der Waals surface area contributed by atoms with Gasteiger partial charge in [0.2, 0.25) is 5.91 Å². The first kappa shape index (κ1) is 24.5. The van der Waals surface area contributed by atoms with E-state index in [2.05, 4.69) is 10.1 Å². The minimum Gasteiger partial charge on any atom is -0.490 e. The third-order valence-corrected chi connectivity index (χ3v) is 6.90. The standard InChI is InChI=1S/C24H31ClN4O5/c1-17-12-19(4-5-21(17)25)32-16-24(13-22(30)28-8-6-27(3)7-9-28)15-29(10-11-33-24)23(31)20-14-26-34-18(20)2/h4-5,12,14H,6-11,13,15-16H2,1-3H3/t24-/m0/s1. The van der Waals surface area contributed by atoms with Crippen LogP contribution in [0.5, 0.6) is 5.75 Å². The van der Waals surface area contributed by atoms with Gasteiger partial charge in [0.05, 0.1) is 25.8 Å². The van der Waals surface area contributed by atoms with Crippen molar-refractivity contribution in [2.45, 2.75) is 25.9 Å². The van der Waals surface area contributed by atoms with E-state index in [1.54, 1.807) is 24.0 Å². The Hall–Kier alpha value is -2.62. The first-order valence-electron chi connectivity index (χ1n) is 11.5. The SMILES string of the molecule is Cc1cc(OC[C@]2(CC(=O)N3CCN(C)CC3)CN(C(=O)c3cnoc3C)CCO2)ccc1Cl. The summed E-state index contributed by atoms with van der Waals surface area (Å²) in [5.74, 6) is 0.902. The zero-order valence-corrected chi connectivity index (χ0v) is 20.6. The van der Waals surface area contributed by atoms with Crippen molar-refractivity contribution in [2.24, 2.45) is 0 Å². The number of ether oxygens (including phenoxy) is 2. The van der Waals surface area contributed by atoms with E-state index in [0.717, 1.165) is 18.7 Å². The minimum absolute atomic E-state index is 0.000515.